The SMILES string of the molecule is COc1ccc(C(=O)NCCCNC(=O)CCOCC(COCCC(=O)NCCCNC(=O)c2ccc(OC)cc2)(COCCC(=O)NCCCNC(=O)c2ccc(OC)cc2)NC(=O)CCCCCC(=O)C(C)(C)C)cc1. The molecular weight excluding hydrogens is 1010 g/mol. The number of carbonyl (C=O) groups excluding carboxylic acids is 8. The smallest absolute Gasteiger partial charge is 0.251 e. The zero-order chi connectivity index (χ0) is 57.0. The molecule has 0 spiro atoms. The average molecular weight is 1090 g/mol. The maximum absolute atomic E-state index is 13.7. The maximum Gasteiger partial charge on any atom is 0.251 e. The van der Waals surface area contributed by atoms with Gasteiger partial charge in [0.25, 0.3) is 17.7 Å². The van der Waals surface area contributed by atoms with Gasteiger partial charge in [-0.25, -0.2) is 0 Å². The van der Waals surface area contributed by atoms with E-state index in [1.807, 2.05) is 20.8 Å². The second-order valence-corrected chi connectivity index (χ2v) is 19.5. The molecule has 3 aromatic rings. The molecule has 0 fully saturated rings. The van der Waals surface area contributed by atoms with Gasteiger partial charge in [-0.05, 0) is 105 Å². The number of ether oxygens (including phenoxy) is 6. The fourth-order valence-corrected chi connectivity index (χ4v) is 7.36. The molecule has 7 amide bonds. The van der Waals surface area contributed by atoms with E-state index in [1.165, 1.54) is 0 Å². The van der Waals surface area contributed by atoms with Crippen LogP contribution < -0.4 is 51.4 Å². The van der Waals surface area contributed by atoms with Crippen molar-refractivity contribution in [3.63, 3.8) is 0 Å². The van der Waals surface area contributed by atoms with Crippen LogP contribution in [-0.2, 0) is 38.2 Å². The lowest BCUT2D eigenvalue weighted by atomic mass is 9.88. The van der Waals surface area contributed by atoms with Gasteiger partial charge in [0.2, 0.25) is 23.6 Å². The number of amides is 7. The second-order valence-electron chi connectivity index (χ2n) is 19.5. The lowest BCUT2D eigenvalue weighted by molar-refractivity contribution is -0.130. The van der Waals surface area contributed by atoms with Crippen LogP contribution in [0.15, 0.2) is 72.8 Å². The number of ketones is 1. The molecular formula is C57H83N7O14. The van der Waals surface area contributed by atoms with Gasteiger partial charge in [0.05, 0.1) is 61.0 Å². The second kappa shape index (κ2) is 36.8. The first-order valence-corrected chi connectivity index (χ1v) is 26.6. The van der Waals surface area contributed by atoms with Crippen LogP contribution in [0.3, 0.4) is 0 Å². The molecule has 0 aliphatic rings. The largest absolute Gasteiger partial charge is 0.497 e. The molecule has 21 heteroatoms. The summed E-state index contributed by atoms with van der Waals surface area (Å²) in [5.41, 5.74) is -0.331. The summed E-state index contributed by atoms with van der Waals surface area (Å²) >= 11 is 0. The van der Waals surface area contributed by atoms with Gasteiger partial charge >= 0.3 is 0 Å². The number of carbonyl (C=O) groups is 8. The molecule has 0 saturated carbocycles. The number of methoxy groups -OCH3 is 3. The van der Waals surface area contributed by atoms with Crippen LogP contribution in [0.4, 0.5) is 0 Å². The summed E-state index contributed by atoms with van der Waals surface area (Å²) in [5, 5.41) is 20.0. The lowest BCUT2D eigenvalue weighted by Crippen LogP contribution is -2.58. The van der Waals surface area contributed by atoms with Crippen molar-refractivity contribution in [2.45, 2.75) is 96.9 Å². The van der Waals surface area contributed by atoms with Crippen molar-refractivity contribution >= 4 is 47.1 Å². The van der Waals surface area contributed by atoms with E-state index in [0.29, 0.717) is 118 Å². The Hall–Kier alpha value is -7.10. The molecule has 0 aliphatic carbocycles. The molecule has 430 valence electrons. The van der Waals surface area contributed by atoms with E-state index in [-0.39, 0.29) is 112 Å². The highest BCUT2D eigenvalue weighted by Crippen LogP contribution is 2.20. The van der Waals surface area contributed by atoms with Gasteiger partial charge in [-0.1, -0.05) is 27.2 Å². The van der Waals surface area contributed by atoms with E-state index in [4.69, 9.17) is 28.4 Å². The number of hydrogen-bond donors (Lipinski definition) is 7. The van der Waals surface area contributed by atoms with Gasteiger partial charge in [0.15, 0.2) is 0 Å². The van der Waals surface area contributed by atoms with Crippen LogP contribution in [-0.4, -0.2) is 153 Å². The van der Waals surface area contributed by atoms with Crippen molar-refractivity contribution in [1.82, 2.24) is 37.2 Å². The zero-order valence-electron chi connectivity index (χ0n) is 46.4. The number of hydrogen-bond acceptors (Lipinski definition) is 14. The highest BCUT2D eigenvalue weighted by atomic mass is 16.5. The highest BCUT2D eigenvalue weighted by molar-refractivity contribution is 5.95. The Balaban J connectivity index is 1.58. The predicted octanol–water partition coefficient (Wildman–Crippen LogP) is 4.46. The first-order chi connectivity index (χ1) is 37.5. The first-order valence-electron chi connectivity index (χ1n) is 26.6. The minimum absolute atomic E-state index is 0.0199. The first kappa shape index (κ1) is 65.2. The Morgan fingerprint density at radius 2 is 0.679 bits per heavy atom. The number of nitrogens with one attached hydrogen (secondary N) is 7. The van der Waals surface area contributed by atoms with E-state index < -0.39 is 11.0 Å². The number of Topliss-reactive ketones (excluding diaryl/α,β-unsaturated/α-hetero) is 1. The molecule has 0 radical (unpaired) electrons. The molecule has 0 unspecified atom stereocenters. The van der Waals surface area contributed by atoms with Gasteiger partial charge in [-0.2, -0.15) is 0 Å². The van der Waals surface area contributed by atoms with E-state index in [9.17, 15) is 38.4 Å². The van der Waals surface area contributed by atoms with E-state index in [0.717, 1.165) is 0 Å². The highest BCUT2D eigenvalue weighted by Gasteiger charge is 2.34. The van der Waals surface area contributed by atoms with Crippen molar-refractivity contribution < 1.29 is 66.8 Å². The van der Waals surface area contributed by atoms with Crippen molar-refractivity contribution in [3.8, 4) is 17.2 Å². The van der Waals surface area contributed by atoms with Crippen LogP contribution in [0.1, 0.15) is 122 Å². The van der Waals surface area contributed by atoms with Crippen LogP contribution in [0.2, 0.25) is 0 Å². The molecule has 3 aromatic carbocycles. The summed E-state index contributed by atoms with van der Waals surface area (Å²) in [6.07, 6.45) is 3.69. The molecule has 7 N–H and O–H groups in total. The van der Waals surface area contributed by atoms with Crippen molar-refractivity contribution in [3.05, 3.63) is 89.5 Å². The van der Waals surface area contributed by atoms with Crippen molar-refractivity contribution in [2.75, 3.05) is 100 Å². The summed E-state index contributed by atoms with van der Waals surface area (Å²) in [6, 6.07) is 20.1. The number of rotatable bonds is 40. The maximum atomic E-state index is 13.7. The van der Waals surface area contributed by atoms with Crippen LogP contribution >= 0.6 is 0 Å². The summed E-state index contributed by atoms with van der Waals surface area (Å²) in [7, 11) is 4.63. The standard InChI is InChI=1S/C57H83N7O14/c1-56(2,3)48(65)13-8-7-9-14-52(69)64-57(39-76-36-27-49(66)58-30-10-33-61-53(70)42-15-21-45(73-4)22-16-42,40-77-37-28-50(67)59-31-11-34-62-54(71)43-17-23-46(74-5)24-18-43)41-78-38-29-51(68)60-32-12-35-63-55(72)44-19-25-47(75-6)26-20-44/h15-26H,7-14,27-41H2,1-6H3,(H,58,66)(H,59,67)(H,60,68)(H,61,70)(H,62,71)(H,63,72)(H,64,69). The molecule has 0 heterocycles. The van der Waals surface area contributed by atoms with Crippen LogP contribution in [0, 0.1) is 5.41 Å². The molecule has 0 bridgehead atoms. The van der Waals surface area contributed by atoms with E-state index in [2.05, 4.69) is 37.2 Å². The van der Waals surface area contributed by atoms with Crippen LogP contribution in [0.25, 0.3) is 0 Å². The quantitative estimate of drug-likeness (QED) is 0.0388. The van der Waals surface area contributed by atoms with E-state index >= 15 is 0 Å². The third-order valence-electron chi connectivity index (χ3n) is 12.0. The molecule has 0 aliphatic heterocycles. The summed E-state index contributed by atoms with van der Waals surface area (Å²) < 4.78 is 33.6. The van der Waals surface area contributed by atoms with Gasteiger partial charge < -0.3 is 65.6 Å². The monoisotopic (exact) mass is 1090 g/mol. The Kier molecular flexibility index (Phi) is 30.8. The molecule has 78 heavy (non-hydrogen) atoms. The van der Waals surface area contributed by atoms with E-state index in [1.54, 1.807) is 94.1 Å². The molecule has 0 aromatic heterocycles. The minimum Gasteiger partial charge on any atom is -0.497 e. The molecule has 0 saturated heterocycles. The third kappa shape index (κ3) is 27.3. The zero-order valence-corrected chi connectivity index (χ0v) is 46.4. The average Bonchev–Trinajstić information content (AvgIpc) is 3.43. The van der Waals surface area contributed by atoms with Gasteiger partial charge in [0, 0.05) is 93.5 Å². The Morgan fingerprint density at radius 3 is 0.987 bits per heavy atom. The van der Waals surface area contributed by atoms with Crippen molar-refractivity contribution in [2.24, 2.45) is 5.41 Å². The summed E-state index contributed by atoms with van der Waals surface area (Å²) in [4.78, 5) is 102. The normalized spacial score (nSPS) is 11.2. The Labute approximate surface area is 459 Å². The molecule has 0 atom stereocenters. The fraction of sp³-hybridized carbons (Fsp3) is 0.544. The van der Waals surface area contributed by atoms with Gasteiger partial charge in [-0.3, -0.25) is 38.4 Å². The Morgan fingerprint density at radius 1 is 0.372 bits per heavy atom. The summed E-state index contributed by atoms with van der Waals surface area (Å²) in [5.74, 6) is 0.0979. The number of unbranched alkanes of at least 4 members (excludes halogenated alkanes) is 2. The Bertz CT molecular complexity index is 2090. The predicted molar refractivity (Wildman–Crippen MR) is 294 cm³/mol. The lowest BCUT2D eigenvalue weighted by Gasteiger charge is -2.34. The van der Waals surface area contributed by atoms with Gasteiger partial charge in [-0.15, -0.1) is 0 Å². The summed E-state index contributed by atoms with van der Waals surface area (Å²) in [6.45, 7) is 6.94. The van der Waals surface area contributed by atoms with Crippen LogP contribution in [0.5, 0.6) is 17.2 Å². The van der Waals surface area contributed by atoms with Crippen molar-refractivity contribution in [1.29, 1.82) is 0 Å². The molecule has 3 rings (SSSR count). The third-order valence-corrected chi connectivity index (χ3v) is 12.0. The van der Waals surface area contributed by atoms with Gasteiger partial charge in [0.1, 0.15) is 28.6 Å². The molecule has 21 nitrogen and oxygen atoms in total. The number of benzene rings is 3. The fourth-order valence-electron chi connectivity index (χ4n) is 7.36. The topological polar surface area (TPSA) is 276 Å². The minimum atomic E-state index is -1.32.